The third-order valence-electron chi connectivity index (χ3n) is 4.11. The molecule has 2 aliphatic carbocycles. The van der Waals surface area contributed by atoms with E-state index in [-0.39, 0.29) is 0 Å². The predicted octanol–water partition coefficient (Wildman–Crippen LogP) is 3.54. The molecule has 2 aliphatic rings. The van der Waals surface area contributed by atoms with Crippen molar-refractivity contribution in [1.29, 1.82) is 0 Å². The van der Waals surface area contributed by atoms with Crippen LogP contribution in [-0.4, -0.2) is 0 Å². The minimum Gasteiger partial charge on any atom is -0.0851 e. The summed E-state index contributed by atoms with van der Waals surface area (Å²) in [5.41, 5.74) is 1.94. The van der Waals surface area contributed by atoms with Crippen molar-refractivity contribution in [2.24, 2.45) is 11.8 Å². The molecule has 0 heterocycles. The Morgan fingerprint density at radius 3 is 2.50 bits per heavy atom. The van der Waals surface area contributed by atoms with Crippen molar-refractivity contribution >= 4 is 0 Å². The Morgan fingerprint density at radius 2 is 1.93 bits per heavy atom. The second-order valence-electron chi connectivity index (χ2n) is 4.97. The van der Waals surface area contributed by atoms with Crippen molar-refractivity contribution in [2.75, 3.05) is 0 Å². The quantitative estimate of drug-likeness (QED) is 0.586. The second kappa shape index (κ2) is 2.73. The first kappa shape index (κ1) is 8.28. The maximum absolute atomic E-state index is 2.43. The Bertz CT molecular complexity index is 363. The van der Waals surface area contributed by atoms with Crippen molar-refractivity contribution in [3.63, 3.8) is 0 Å². The molecule has 14 heavy (non-hydrogen) atoms. The van der Waals surface area contributed by atoms with Crippen LogP contribution in [0.4, 0.5) is 0 Å². The van der Waals surface area contributed by atoms with Gasteiger partial charge in [0.25, 0.3) is 0 Å². The van der Waals surface area contributed by atoms with Crippen LogP contribution in [0.25, 0.3) is 0 Å². The average molecular weight is 184 g/mol. The summed E-state index contributed by atoms with van der Waals surface area (Å²) in [4.78, 5) is 0. The van der Waals surface area contributed by atoms with Crippen LogP contribution in [0.1, 0.15) is 25.3 Å². The van der Waals surface area contributed by atoms with Crippen LogP contribution in [0.3, 0.4) is 0 Å². The SMILES string of the molecule is CC1(c2ccccc2)CC2C=CC1C2. The number of fused-ring (bicyclic) bond motifs is 2. The fourth-order valence-corrected chi connectivity index (χ4v) is 3.25. The summed E-state index contributed by atoms with van der Waals surface area (Å²) in [7, 11) is 0. The number of hydrogen-bond donors (Lipinski definition) is 0. The van der Waals surface area contributed by atoms with Gasteiger partial charge in [0.1, 0.15) is 0 Å². The van der Waals surface area contributed by atoms with Gasteiger partial charge in [-0.05, 0) is 35.7 Å². The van der Waals surface area contributed by atoms with Gasteiger partial charge in [-0.3, -0.25) is 0 Å². The van der Waals surface area contributed by atoms with Crippen LogP contribution in [0, 0.1) is 11.8 Å². The zero-order chi connectivity index (χ0) is 9.60. The highest BCUT2D eigenvalue weighted by atomic mass is 14.5. The molecule has 1 saturated carbocycles. The van der Waals surface area contributed by atoms with E-state index in [1.165, 1.54) is 18.4 Å². The highest BCUT2D eigenvalue weighted by molar-refractivity contribution is 5.32. The van der Waals surface area contributed by atoms with E-state index in [0.29, 0.717) is 5.41 Å². The van der Waals surface area contributed by atoms with Gasteiger partial charge >= 0.3 is 0 Å². The normalized spacial score (nSPS) is 39.2. The van der Waals surface area contributed by atoms with E-state index >= 15 is 0 Å². The van der Waals surface area contributed by atoms with Gasteiger partial charge in [0.2, 0.25) is 0 Å². The van der Waals surface area contributed by atoms with Gasteiger partial charge < -0.3 is 0 Å². The lowest BCUT2D eigenvalue weighted by Gasteiger charge is -2.32. The summed E-state index contributed by atoms with van der Waals surface area (Å²) in [6, 6.07) is 11.0. The Kier molecular flexibility index (Phi) is 1.61. The smallest absolute Gasteiger partial charge is 0.000676 e. The Balaban J connectivity index is 2.03. The van der Waals surface area contributed by atoms with Gasteiger partial charge in [0.05, 0.1) is 0 Å². The van der Waals surface area contributed by atoms with E-state index in [9.17, 15) is 0 Å². The highest BCUT2D eigenvalue weighted by Gasteiger charge is 2.45. The molecule has 2 bridgehead atoms. The molecule has 0 spiro atoms. The van der Waals surface area contributed by atoms with E-state index in [2.05, 4.69) is 49.4 Å². The molecule has 0 heteroatoms. The Hall–Kier alpha value is -1.04. The molecule has 3 rings (SSSR count). The molecule has 0 aromatic heterocycles. The zero-order valence-electron chi connectivity index (χ0n) is 8.61. The molecule has 1 aromatic rings. The number of allylic oxidation sites excluding steroid dienone is 2. The van der Waals surface area contributed by atoms with Gasteiger partial charge in [0.15, 0.2) is 0 Å². The molecule has 0 aliphatic heterocycles. The molecule has 1 aromatic carbocycles. The van der Waals surface area contributed by atoms with Crippen molar-refractivity contribution in [1.82, 2.24) is 0 Å². The lowest BCUT2D eigenvalue weighted by molar-refractivity contribution is 0.396. The summed E-state index contributed by atoms with van der Waals surface area (Å²) >= 11 is 0. The van der Waals surface area contributed by atoms with Crippen LogP contribution in [-0.2, 0) is 5.41 Å². The standard InChI is InChI=1S/C14H16/c1-14(12-5-3-2-4-6-12)10-11-7-8-13(14)9-11/h2-8,11,13H,9-10H2,1H3. The van der Waals surface area contributed by atoms with Crippen LogP contribution in [0.15, 0.2) is 42.5 Å². The third kappa shape index (κ3) is 1.00. The van der Waals surface area contributed by atoms with E-state index in [4.69, 9.17) is 0 Å². The van der Waals surface area contributed by atoms with Gasteiger partial charge in [0, 0.05) is 0 Å². The Labute approximate surface area is 85.6 Å². The lowest BCUT2D eigenvalue weighted by atomic mass is 9.72. The molecule has 3 atom stereocenters. The molecule has 0 saturated heterocycles. The van der Waals surface area contributed by atoms with Gasteiger partial charge in [-0.15, -0.1) is 0 Å². The topological polar surface area (TPSA) is 0 Å². The van der Waals surface area contributed by atoms with Gasteiger partial charge in [-0.2, -0.15) is 0 Å². The van der Waals surface area contributed by atoms with Crippen molar-refractivity contribution < 1.29 is 0 Å². The predicted molar refractivity (Wildman–Crippen MR) is 59.1 cm³/mol. The van der Waals surface area contributed by atoms with E-state index in [1.807, 2.05) is 0 Å². The zero-order valence-corrected chi connectivity index (χ0v) is 8.61. The minimum atomic E-state index is 0.417. The summed E-state index contributed by atoms with van der Waals surface area (Å²) in [5, 5.41) is 0. The molecule has 0 radical (unpaired) electrons. The van der Waals surface area contributed by atoms with Crippen LogP contribution < -0.4 is 0 Å². The summed E-state index contributed by atoms with van der Waals surface area (Å²) in [6.07, 6.45) is 7.57. The van der Waals surface area contributed by atoms with Crippen LogP contribution in [0.2, 0.25) is 0 Å². The summed E-state index contributed by atoms with van der Waals surface area (Å²) in [5.74, 6) is 1.64. The number of benzene rings is 1. The van der Waals surface area contributed by atoms with E-state index in [0.717, 1.165) is 11.8 Å². The van der Waals surface area contributed by atoms with E-state index in [1.54, 1.807) is 0 Å². The van der Waals surface area contributed by atoms with Crippen LogP contribution in [0.5, 0.6) is 0 Å². The molecule has 72 valence electrons. The monoisotopic (exact) mass is 184 g/mol. The first-order valence-electron chi connectivity index (χ1n) is 5.53. The second-order valence-corrected chi connectivity index (χ2v) is 4.97. The van der Waals surface area contributed by atoms with E-state index < -0.39 is 0 Å². The molecule has 0 amide bonds. The van der Waals surface area contributed by atoms with Gasteiger partial charge in [-0.25, -0.2) is 0 Å². The van der Waals surface area contributed by atoms with Crippen LogP contribution >= 0.6 is 0 Å². The number of rotatable bonds is 1. The average Bonchev–Trinajstić information content (AvgIpc) is 2.79. The molecular formula is C14H16. The maximum atomic E-state index is 2.43. The first-order valence-corrected chi connectivity index (χ1v) is 5.53. The molecule has 0 N–H and O–H groups in total. The largest absolute Gasteiger partial charge is 0.0851 e. The first-order chi connectivity index (χ1) is 6.79. The van der Waals surface area contributed by atoms with Crippen molar-refractivity contribution in [3.8, 4) is 0 Å². The molecular weight excluding hydrogens is 168 g/mol. The summed E-state index contributed by atoms with van der Waals surface area (Å²) in [6.45, 7) is 2.43. The fraction of sp³-hybridized carbons (Fsp3) is 0.429. The lowest BCUT2D eigenvalue weighted by Crippen LogP contribution is -2.26. The molecule has 0 nitrogen and oxygen atoms in total. The van der Waals surface area contributed by atoms with Crippen molar-refractivity contribution in [2.45, 2.75) is 25.2 Å². The minimum absolute atomic E-state index is 0.417. The van der Waals surface area contributed by atoms with Gasteiger partial charge in [-0.1, -0.05) is 49.4 Å². The Morgan fingerprint density at radius 1 is 1.14 bits per heavy atom. The molecule has 3 unspecified atom stereocenters. The summed E-state index contributed by atoms with van der Waals surface area (Å²) < 4.78 is 0. The maximum Gasteiger partial charge on any atom is -0.000676 e. The van der Waals surface area contributed by atoms with Crippen molar-refractivity contribution in [3.05, 3.63) is 48.0 Å². The fourth-order valence-electron chi connectivity index (χ4n) is 3.25. The third-order valence-corrected chi connectivity index (χ3v) is 4.11. The molecule has 1 fully saturated rings. The number of hydrogen-bond acceptors (Lipinski definition) is 0. The highest BCUT2D eigenvalue weighted by Crippen LogP contribution is 2.52.